The second kappa shape index (κ2) is 9.14. The SMILES string of the molecule is CCC(CC)n1ccc(CNCCCN(C)C(C)C)n1. The van der Waals surface area contributed by atoms with Gasteiger partial charge in [0.05, 0.1) is 11.7 Å². The predicted octanol–water partition coefficient (Wildman–Crippen LogP) is 3.06. The van der Waals surface area contributed by atoms with Crippen molar-refractivity contribution in [2.45, 2.75) is 65.6 Å². The molecule has 0 aliphatic rings. The van der Waals surface area contributed by atoms with E-state index in [9.17, 15) is 0 Å². The lowest BCUT2D eigenvalue weighted by Gasteiger charge is -2.20. The molecule has 1 N–H and O–H groups in total. The van der Waals surface area contributed by atoms with Gasteiger partial charge in [-0.3, -0.25) is 4.68 Å². The summed E-state index contributed by atoms with van der Waals surface area (Å²) in [6.07, 6.45) is 5.59. The summed E-state index contributed by atoms with van der Waals surface area (Å²) < 4.78 is 2.11. The monoisotopic (exact) mass is 280 g/mol. The number of hydrogen-bond acceptors (Lipinski definition) is 3. The van der Waals surface area contributed by atoms with Crippen molar-refractivity contribution in [1.29, 1.82) is 0 Å². The first kappa shape index (κ1) is 17.2. The van der Waals surface area contributed by atoms with Crippen LogP contribution in [0.5, 0.6) is 0 Å². The molecule has 0 aliphatic carbocycles. The summed E-state index contributed by atoms with van der Waals surface area (Å²) in [5.41, 5.74) is 1.15. The van der Waals surface area contributed by atoms with E-state index >= 15 is 0 Å². The Labute approximate surface area is 124 Å². The maximum Gasteiger partial charge on any atom is 0.0762 e. The molecular weight excluding hydrogens is 248 g/mol. The Balaban J connectivity index is 2.23. The fourth-order valence-corrected chi connectivity index (χ4v) is 2.27. The zero-order chi connectivity index (χ0) is 15.0. The first-order valence-corrected chi connectivity index (χ1v) is 8.03. The molecule has 0 spiro atoms. The predicted molar refractivity (Wildman–Crippen MR) is 85.9 cm³/mol. The van der Waals surface area contributed by atoms with Gasteiger partial charge in [-0.25, -0.2) is 0 Å². The topological polar surface area (TPSA) is 33.1 Å². The van der Waals surface area contributed by atoms with Crippen LogP contribution in [0.25, 0.3) is 0 Å². The molecule has 1 heterocycles. The Morgan fingerprint density at radius 3 is 2.60 bits per heavy atom. The summed E-state index contributed by atoms with van der Waals surface area (Å²) in [5, 5.41) is 8.14. The smallest absolute Gasteiger partial charge is 0.0762 e. The van der Waals surface area contributed by atoms with Crippen LogP contribution >= 0.6 is 0 Å². The zero-order valence-corrected chi connectivity index (χ0v) is 13.9. The van der Waals surface area contributed by atoms with Crippen molar-refractivity contribution >= 4 is 0 Å². The van der Waals surface area contributed by atoms with Crippen molar-refractivity contribution in [3.63, 3.8) is 0 Å². The lowest BCUT2D eigenvalue weighted by molar-refractivity contribution is 0.269. The molecule has 1 rings (SSSR count). The highest BCUT2D eigenvalue weighted by molar-refractivity contribution is 4.99. The van der Waals surface area contributed by atoms with Crippen LogP contribution in [-0.2, 0) is 6.54 Å². The lowest BCUT2D eigenvalue weighted by Crippen LogP contribution is -2.29. The van der Waals surface area contributed by atoms with Crippen LogP contribution < -0.4 is 5.32 Å². The molecule has 0 aromatic carbocycles. The Morgan fingerprint density at radius 2 is 2.00 bits per heavy atom. The van der Waals surface area contributed by atoms with Crippen molar-refractivity contribution in [3.05, 3.63) is 18.0 Å². The average molecular weight is 280 g/mol. The van der Waals surface area contributed by atoms with Gasteiger partial charge in [-0.2, -0.15) is 5.10 Å². The van der Waals surface area contributed by atoms with E-state index in [2.05, 4.69) is 67.0 Å². The highest BCUT2D eigenvalue weighted by Gasteiger charge is 2.07. The van der Waals surface area contributed by atoms with Crippen molar-refractivity contribution in [1.82, 2.24) is 20.0 Å². The number of hydrogen-bond donors (Lipinski definition) is 1. The van der Waals surface area contributed by atoms with Crippen molar-refractivity contribution in [3.8, 4) is 0 Å². The van der Waals surface area contributed by atoms with Gasteiger partial charge in [0.25, 0.3) is 0 Å². The molecule has 4 heteroatoms. The van der Waals surface area contributed by atoms with Gasteiger partial charge in [0.2, 0.25) is 0 Å². The molecule has 0 saturated heterocycles. The third kappa shape index (κ3) is 5.63. The number of nitrogens with one attached hydrogen (secondary N) is 1. The molecule has 0 amide bonds. The number of aromatic nitrogens is 2. The second-order valence-electron chi connectivity index (χ2n) is 5.86. The van der Waals surface area contributed by atoms with E-state index < -0.39 is 0 Å². The Bertz CT molecular complexity index is 355. The minimum Gasteiger partial charge on any atom is -0.311 e. The van der Waals surface area contributed by atoms with Gasteiger partial charge in [-0.05, 0) is 59.3 Å². The molecule has 0 saturated carbocycles. The Morgan fingerprint density at radius 1 is 1.30 bits per heavy atom. The van der Waals surface area contributed by atoms with E-state index in [0.717, 1.165) is 38.2 Å². The summed E-state index contributed by atoms with van der Waals surface area (Å²) in [6.45, 7) is 12.0. The maximum atomic E-state index is 4.66. The van der Waals surface area contributed by atoms with Gasteiger partial charge in [0.1, 0.15) is 0 Å². The fourth-order valence-electron chi connectivity index (χ4n) is 2.27. The second-order valence-corrected chi connectivity index (χ2v) is 5.86. The van der Waals surface area contributed by atoms with E-state index in [1.54, 1.807) is 0 Å². The van der Waals surface area contributed by atoms with Crippen LogP contribution in [0.1, 0.15) is 58.7 Å². The Hall–Kier alpha value is -0.870. The van der Waals surface area contributed by atoms with Crippen LogP contribution in [0.4, 0.5) is 0 Å². The fraction of sp³-hybridized carbons (Fsp3) is 0.812. The highest BCUT2D eigenvalue weighted by atomic mass is 15.3. The highest BCUT2D eigenvalue weighted by Crippen LogP contribution is 2.14. The quantitative estimate of drug-likeness (QED) is 0.669. The van der Waals surface area contributed by atoms with Crippen LogP contribution in [0.3, 0.4) is 0 Å². The van der Waals surface area contributed by atoms with Gasteiger partial charge >= 0.3 is 0 Å². The largest absolute Gasteiger partial charge is 0.311 e. The molecular formula is C16H32N4. The standard InChI is InChI=1S/C16H32N4/c1-6-16(7-2)20-12-9-15(18-20)13-17-10-8-11-19(5)14(3)4/h9,12,14,16-17H,6-8,10-11,13H2,1-5H3. The van der Waals surface area contributed by atoms with E-state index in [1.807, 2.05) is 0 Å². The summed E-state index contributed by atoms with van der Waals surface area (Å²) >= 11 is 0. The molecule has 0 radical (unpaired) electrons. The summed E-state index contributed by atoms with van der Waals surface area (Å²) in [6, 6.07) is 3.31. The molecule has 0 unspecified atom stereocenters. The van der Waals surface area contributed by atoms with Crippen LogP contribution in [-0.4, -0.2) is 40.9 Å². The van der Waals surface area contributed by atoms with Crippen molar-refractivity contribution < 1.29 is 0 Å². The molecule has 1 aromatic heterocycles. The molecule has 0 aliphatic heterocycles. The van der Waals surface area contributed by atoms with Gasteiger partial charge in [0, 0.05) is 18.8 Å². The van der Waals surface area contributed by atoms with E-state index in [0.29, 0.717) is 12.1 Å². The average Bonchev–Trinajstić information content (AvgIpc) is 2.88. The zero-order valence-electron chi connectivity index (χ0n) is 13.9. The van der Waals surface area contributed by atoms with Gasteiger partial charge in [-0.15, -0.1) is 0 Å². The lowest BCUT2D eigenvalue weighted by atomic mass is 10.2. The molecule has 1 aromatic rings. The van der Waals surface area contributed by atoms with Crippen molar-refractivity contribution in [2.24, 2.45) is 0 Å². The summed E-state index contributed by atoms with van der Waals surface area (Å²) in [4.78, 5) is 2.38. The first-order valence-electron chi connectivity index (χ1n) is 8.03. The van der Waals surface area contributed by atoms with E-state index in [1.165, 1.54) is 6.42 Å². The minimum absolute atomic E-state index is 0.545. The van der Waals surface area contributed by atoms with Crippen LogP contribution in [0.2, 0.25) is 0 Å². The summed E-state index contributed by atoms with van der Waals surface area (Å²) in [5.74, 6) is 0. The van der Waals surface area contributed by atoms with Crippen LogP contribution in [0, 0.1) is 0 Å². The third-order valence-corrected chi connectivity index (χ3v) is 4.03. The van der Waals surface area contributed by atoms with E-state index in [-0.39, 0.29) is 0 Å². The molecule has 20 heavy (non-hydrogen) atoms. The molecule has 0 fully saturated rings. The number of rotatable bonds is 10. The number of nitrogens with zero attached hydrogens (tertiary/aromatic N) is 3. The van der Waals surface area contributed by atoms with E-state index in [4.69, 9.17) is 0 Å². The Kier molecular flexibility index (Phi) is 7.85. The maximum absolute atomic E-state index is 4.66. The minimum atomic E-state index is 0.545. The molecule has 4 nitrogen and oxygen atoms in total. The van der Waals surface area contributed by atoms with Gasteiger partial charge in [0.15, 0.2) is 0 Å². The third-order valence-electron chi connectivity index (χ3n) is 4.03. The van der Waals surface area contributed by atoms with Gasteiger partial charge in [-0.1, -0.05) is 13.8 Å². The molecule has 0 bridgehead atoms. The normalized spacial score (nSPS) is 12.0. The first-order chi connectivity index (χ1) is 9.58. The van der Waals surface area contributed by atoms with Crippen molar-refractivity contribution in [2.75, 3.05) is 20.1 Å². The van der Waals surface area contributed by atoms with Crippen LogP contribution in [0.15, 0.2) is 12.3 Å². The molecule has 116 valence electrons. The van der Waals surface area contributed by atoms with Gasteiger partial charge < -0.3 is 10.2 Å². The summed E-state index contributed by atoms with van der Waals surface area (Å²) in [7, 11) is 2.18. The molecule has 0 atom stereocenters.